The zero-order valence-corrected chi connectivity index (χ0v) is 11.4. The Hall–Kier alpha value is -0.460. The normalized spacial score (nSPS) is 11.2. The maximum Gasteiger partial charge on any atom is 0.307 e. The Labute approximate surface area is 106 Å². The summed E-state index contributed by atoms with van der Waals surface area (Å²) in [6.45, 7) is 0.341. The Balaban J connectivity index is 0. The lowest BCUT2D eigenvalue weighted by molar-refractivity contribution is -0.141. The lowest BCUT2D eigenvalue weighted by Crippen LogP contribution is -2.44. The number of rotatable bonds is 6. The van der Waals surface area contributed by atoms with E-state index in [0.717, 1.165) is 0 Å². The van der Waals surface area contributed by atoms with Crippen LogP contribution in [-0.4, -0.2) is 55.5 Å². The third-order valence-electron chi connectivity index (χ3n) is 1.92. The Kier molecular flexibility index (Phi) is 10.9. The van der Waals surface area contributed by atoms with E-state index >= 15 is 0 Å². The number of nitrogens with zero attached hydrogens (tertiary/aromatic N) is 1. The molecule has 0 fully saturated rings. The summed E-state index contributed by atoms with van der Waals surface area (Å²) in [6, 6.07) is -0.498. The van der Waals surface area contributed by atoms with Crippen molar-refractivity contribution >= 4 is 36.0 Å². The fraction of sp³-hybridized carbons (Fsp3) is 0.778. The minimum Gasteiger partial charge on any atom is -0.469 e. The van der Waals surface area contributed by atoms with Crippen LogP contribution in [0.2, 0.25) is 0 Å². The van der Waals surface area contributed by atoms with Crippen LogP contribution in [-0.2, 0) is 14.3 Å². The van der Waals surface area contributed by atoms with Crippen molar-refractivity contribution in [3.8, 4) is 0 Å². The van der Waals surface area contributed by atoms with Crippen molar-refractivity contribution in [3.05, 3.63) is 0 Å². The number of nitrogens with two attached hydrogens (primary N) is 1. The summed E-state index contributed by atoms with van der Waals surface area (Å²) in [5.41, 5.74) is 5.64. The second-order valence-electron chi connectivity index (χ2n) is 3.15. The Morgan fingerprint density at radius 3 is 2.50 bits per heavy atom. The van der Waals surface area contributed by atoms with Crippen molar-refractivity contribution < 1.29 is 14.3 Å². The van der Waals surface area contributed by atoms with Gasteiger partial charge in [0.1, 0.15) is 0 Å². The van der Waals surface area contributed by atoms with Crippen LogP contribution in [0.5, 0.6) is 0 Å². The molecule has 0 aromatic carbocycles. The molecule has 0 aliphatic carbocycles. The largest absolute Gasteiger partial charge is 0.469 e. The second-order valence-corrected chi connectivity index (χ2v) is 4.06. The number of methoxy groups -OCH3 is 1. The summed E-state index contributed by atoms with van der Waals surface area (Å²) in [6.07, 6.45) is 2.09. The van der Waals surface area contributed by atoms with Crippen LogP contribution in [0, 0.1) is 0 Å². The molecule has 0 heterocycles. The molecule has 1 unspecified atom stereocenters. The van der Waals surface area contributed by atoms with E-state index in [1.54, 1.807) is 7.05 Å². The first-order valence-electron chi connectivity index (χ1n) is 4.59. The van der Waals surface area contributed by atoms with Crippen LogP contribution < -0.4 is 5.73 Å². The highest BCUT2D eigenvalue weighted by molar-refractivity contribution is 7.98. The molecule has 0 aliphatic heterocycles. The van der Waals surface area contributed by atoms with Gasteiger partial charge in [-0.2, -0.15) is 11.8 Å². The van der Waals surface area contributed by atoms with Gasteiger partial charge in [0.05, 0.1) is 19.6 Å². The maximum atomic E-state index is 11.6. The van der Waals surface area contributed by atoms with Gasteiger partial charge >= 0.3 is 5.97 Å². The molecule has 0 rings (SSSR count). The molecular weight excluding hydrogens is 252 g/mol. The number of esters is 1. The topological polar surface area (TPSA) is 72.6 Å². The van der Waals surface area contributed by atoms with E-state index in [1.807, 2.05) is 6.26 Å². The summed E-state index contributed by atoms with van der Waals surface area (Å²) in [7, 11) is 2.95. The maximum absolute atomic E-state index is 11.6. The van der Waals surface area contributed by atoms with Gasteiger partial charge in [-0.1, -0.05) is 0 Å². The number of thioether (sulfide) groups is 1. The van der Waals surface area contributed by atoms with Gasteiger partial charge in [0.25, 0.3) is 0 Å². The van der Waals surface area contributed by atoms with Crippen LogP contribution in [0.15, 0.2) is 0 Å². The average molecular weight is 271 g/mol. The van der Waals surface area contributed by atoms with E-state index in [2.05, 4.69) is 4.74 Å². The number of halogens is 1. The molecule has 1 atom stereocenters. The molecule has 0 spiro atoms. The van der Waals surface area contributed by atoms with E-state index in [-0.39, 0.29) is 30.7 Å². The number of hydrogen-bond donors (Lipinski definition) is 1. The molecule has 2 N–H and O–H groups in total. The van der Waals surface area contributed by atoms with E-state index < -0.39 is 6.04 Å². The zero-order chi connectivity index (χ0) is 11.8. The van der Waals surface area contributed by atoms with E-state index in [1.165, 1.54) is 23.8 Å². The number of hydrogen-bond acceptors (Lipinski definition) is 5. The Morgan fingerprint density at radius 1 is 1.50 bits per heavy atom. The molecule has 5 nitrogen and oxygen atoms in total. The van der Waals surface area contributed by atoms with Gasteiger partial charge in [0.2, 0.25) is 5.91 Å². The quantitative estimate of drug-likeness (QED) is 0.694. The van der Waals surface area contributed by atoms with Gasteiger partial charge < -0.3 is 15.4 Å². The van der Waals surface area contributed by atoms with Gasteiger partial charge in [-0.15, -0.1) is 12.4 Å². The highest BCUT2D eigenvalue weighted by Gasteiger charge is 2.17. The number of carbonyl (C=O) groups excluding carboxylic acids is 2. The summed E-state index contributed by atoms with van der Waals surface area (Å²) in [4.78, 5) is 23.9. The van der Waals surface area contributed by atoms with Crippen LogP contribution in [0.4, 0.5) is 0 Å². The lowest BCUT2D eigenvalue weighted by Gasteiger charge is -2.20. The minimum atomic E-state index is -0.498. The molecule has 0 aromatic rings. The fourth-order valence-corrected chi connectivity index (χ4v) is 1.51. The van der Waals surface area contributed by atoms with Gasteiger partial charge in [0, 0.05) is 19.3 Å². The SMILES string of the molecule is COC(=O)CCN(C)C(=O)C(N)CSC.Cl. The third kappa shape index (κ3) is 6.92. The highest BCUT2D eigenvalue weighted by atomic mass is 35.5. The predicted molar refractivity (Wildman–Crippen MR) is 67.9 cm³/mol. The Bertz CT molecular complexity index is 229. The molecule has 1 amide bonds. The fourth-order valence-electron chi connectivity index (χ4n) is 1.01. The average Bonchev–Trinajstić information content (AvgIpc) is 2.24. The first kappa shape index (κ1) is 17.9. The summed E-state index contributed by atoms with van der Waals surface area (Å²) < 4.78 is 4.48. The number of ether oxygens (including phenoxy) is 1. The van der Waals surface area contributed by atoms with Gasteiger partial charge in [0.15, 0.2) is 0 Å². The van der Waals surface area contributed by atoms with E-state index in [9.17, 15) is 9.59 Å². The van der Waals surface area contributed by atoms with E-state index in [4.69, 9.17) is 5.73 Å². The van der Waals surface area contributed by atoms with Crippen molar-refractivity contribution in [2.75, 3.05) is 32.7 Å². The van der Waals surface area contributed by atoms with Gasteiger partial charge in [-0.25, -0.2) is 0 Å². The molecule has 16 heavy (non-hydrogen) atoms. The van der Waals surface area contributed by atoms with Crippen LogP contribution in [0.1, 0.15) is 6.42 Å². The van der Waals surface area contributed by atoms with Crippen molar-refractivity contribution in [2.24, 2.45) is 5.73 Å². The minimum absolute atomic E-state index is 0. The standard InChI is InChI=1S/C9H18N2O3S.ClH/c1-11(5-4-8(12)14-2)9(13)7(10)6-15-3;/h7H,4-6,10H2,1-3H3;1H. The first-order chi connectivity index (χ1) is 7.02. The summed E-state index contributed by atoms with van der Waals surface area (Å²) in [5.74, 6) is 0.114. The van der Waals surface area contributed by atoms with Crippen LogP contribution >= 0.6 is 24.2 Å². The summed E-state index contributed by atoms with van der Waals surface area (Å²) >= 11 is 1.52. The Morgan fingerprint density at radius 2 is 2.06 bits per heavy atom. The highest BCUT2D eigenvalue weighted by Crippen LogP contribution is 1.99. The number of amides is 1. The van der Waals surface area contributed by atoms with Crippen molar-refractivity contribution in [3.63, 3.8) is 0 Å². The monoisotopic (exact) mass is 270 g/mol. The smallest absolute Gasteiger partial charge is 0.307 e. The van der Waals surface area contributed by atoms with Crippen molar-refractivity contribution in [2.45, 2.75) is 12.5 Å². The molecule has 96 valence electrons. The van der Waals surface area contributed by atoms with Crippen LogP contribution in [0.25, 0.3) is 0 Å². The molecular formula is C9H19ClN2O3S. The number of carbonyl (C=O) groups is 2. The van der Waals surface area contributed by atoms with Gasteiger partial charge in [-0.05, 0) is 6.26 Å². The summed E-state index contributed by atoms with van der Waals surface area (Å²) in [5, 5.41) is 0. The third-order valence-corrected chi connectivity index (χ3v) is 2.61. The first-order valence-corrected chi connectivity index (χ1v) is 5.98. The second kappa shape index (κ2) is 9.74. The molecule has 0 radical (unpaired) electrons. The van der Waals surface area contributed by atoms with Crippen molar-refractivity contribution in [1.29, 1.82) is 0 Å². The lowest BCUT2D eigenvalue weighted by atomic mass is 10.3. The predicted octanol–water partition coefficient (Wildman–Crippen LogP) is 0.120. The number of likely N-dealkylation sites (N-methyl/N-ethyl adjacent to an activating group) is 1. The molecule has 0 saturated carbocycles. The molecule has 7 heteroatoms. The molecule has 0 saturated heterocycles. The zero-order valence-electron chi connectivity index (χ0n) is 9.76. The molecule has 0 aromatic heterocycles. The van der Waals surface area contributed by atoms with E-state index in [0.29, 0.717) is 12.3 Å². The molecule has 0 aliphatic rings. The van der Waals surface area contributed by atoms with Gasteiger partial charge in [-0.3, -0.25) is 9.59 Å². The van der Waals surface area contributed by atoms with Crippen LogP contribution in [0.3, 0.4) is 0 Å². The van der Waals surface area contributed by atoms with Crippen molar-refractivity contribution in [1.82, 2.24) is 4.90 Å². The molecule has 0 bridgehead atoms.